The van der Waals surface area contributed by atoms with Crippen LogP contribution >= 0.6 is 0 Å². The maximum atomic E-state index is 12.7. The predicted molar refractivity (Wildman–Crippen MR) is 120 cm³/mol. The van der Waals surface area contributed by atoms with Crippen molar-refractivity contribution in [1.82, 2.24) is 9.80 Å². The Morgan fingerprint density at radius 2 is 1.61 bits per heavy atom. The number of nitrogens with zero attached hydrogens (tertiary/aromatic N) is 2. The Labute approximate surface area is 170 Å². The molecular formula is C24H32N2OSi. The lowest BCUT2D eigenvalue weighted by Crippen LogP contribution is -2.40. The van der Waals surface area contributed by atoms with Crippen molar-refractivity contribution in [3.8, 4) is 0 Å². The van der Waals surface area contributed by atoms with Crippen LogP contribution in [0.5, 0.6) is 0 Å². The van der Waals surface area contributed by atoms with Crippen molar-refractivity contribution in [2.75, 3.05) is 26.2 Å². The lowest BCUT2D eigenvalue weighted by atomic mass is 10.2. The molecule has 1 aliphatic rings. The van der Waals surface area contributed by atoms with Gasteiger partial charge in [-0.2, -0.15) is 0 Å². The molecule has 2 aromatic rings. The smallest absolute Gasteiger partial charge is 0.236 e. The lowest BCUT2D eigenvalue weighted by molar-refractivity contribution is -0.131. The van der Waals surface area contributed by atoms with Crippen LogP contribution in [-0.4, -0.2) is 50.0 Å². The molecule has 3 nitrogen and oxygen atoms in total. The zero-order chi connectivity index (χ0) is 19.8. The summed E-state index contributed by atoms with van der Waals surface area (Å²) in [5.41, 5.74) is 3.66. The van der Waals surface area contributed by atoms with Crippen LogP contribution in [0.3, 0.4) is 0 Å². The van der Waals surface area contributed by atoms with Crippen LogP contribution in [0, 0.1) is 0 Å². The van der Waals surface area contributed by atoms with Crippen molar-refractivity contribution in [2.45, 2.75) is 32.5 Å². The van der Waals surface area contributed by atoms with Gasteiger partial charge in [0, 0.05) is 26.2 Å². The van der Waals surface area contributed by atoms with E-state index in [0.29, 0.717) is 6.54 Å². The first kappa shape index (κ1) is 20.6. The summed E-state index contributed by atoms with van der Waals surface area (Å²) in [5, 5.41) is 1.44. The molecule has 1 fully saturated rings. The highest BCUT2D eigenvalue weighted by atomic mass is 28.3. The highest BCUT2D eigenvalue weighted by Crippen LogP contribution is 2.11. The molecule has 0 saturated carbocycles. The minimum Gasteiger partial charge on any atom is -0.342 e. The average Bonchev–Trinajstić information content (AvgIpc) is 3.24. The predicted octanol–water partition coefficient (Wildman–Crippen LogP) is 3.82. The zero-order valence-corrected chi connectivity index (χ0v) is 18.2. The molecule has 0 N–H and O–H groups in total. The van der Waals surface area contributed by atoms with Crippen LogP contribution in [0.2, 0.25) is 13.1 Å². The van der Waals surface area contributed by atoms with E-state index in [2.05, 4.69) is 84.4 Å². The second kappa shape index (κ2) is 9.85. The number of carbonyl (C=O) groups excluding carboxylic acids is 1. The largest absolute Gasteiger partial charge is 0.342 e. The van der Waals surface area contributed by atoms with E-state index in [9.17, 15) is 4.79 Å². The number of hydrogen-bond donors (Lipinski definition) is 0. The molecule has 1 heterocycles. The van der Waals surface area contributed by atoms with Gasteiger partial charge in [0.25, 0.3) is 0 Å². The maximum absolute atomic E-state index is 12.7. The van der Waals surface area contributed by atoms with Crippen LogP contribution in [0.1, 0.15) is 18.4 Å². The molecular weight excluding hydrogens is 360 g/mol. The maximum Gasteiger partial charge on any atom is 0.236 e. The van der Waals surface area contributed by atoms with Crippen molar-refractivity contribution in [2.24, 2.45) is 0 Å². The molecule has 0 spiro atoms. The van der Waals surface area contributed by atoms with Gasteiger partial charge in [0.05, 0.1) is 6.54 Å². The van der Waals surface area contributed by atoms with E-state index >= 15 is 0 Å². The summed E-state index contributed by atoms with van der Waals surface area (Å²) in [7, 11) is -1.61. The van der Waals surface area contributed by atoms with Crippen LogP contribution < -0.4 is 5.19 Å². The van der Waals surface area contributed by atoms with E-state index in [1.165, 1.54) is 10.8 Å². The first-order chi connectivity index (χ1) is 13.5. The summed E-state index contributed by atoms with van der Waals surface area (Å²) in [4.78, 5) is 17.0. The summed E-state index contributed by atoms with van der Waals surface area (Å²) < 4.78 is 0. The molecule has 1 aliphatic heterocycles. The second-order valence-electron chi connectivity index (χ2n) is 8.23. The van der Waals surface area contributed by atoms with Gasteiger partial charge in [-0.25, -0.2) is 0 Å². The fourth-order valence-corrected chi connectivity index (χ4v) is 5.68. The number of hydrogen-bond acceptors (Lipinski definition) is 2. The molecule has 0 aliphatic carbocycles. The third kappa shape index (κ3) is 5.91. The standard InChI is InChI=1S/C24H32N2OSi/c1-28(2,23-14-7-4-8-15-23)19-11-16-25(20-22-12-5-3-6-13-22)21-24(27)26-17-9-10-18-26/h3-8,11-15,19H,9-10,16-18,20-21H2,1-2H3/b19-11-. The van der Waals surface area contributed by atoms with Crippen LogP contribution in [0.25, 0.3) is 0 Å². The number of likely N-dealkylation sites (tertiary alicyclic amines) is 1. The highest BCUT2D eigenvalue weighted by Gasteiger charge is 2.21. The van der Waals surface area contributed by atoms with E-state index in [-0.39, 0.29) is 5.91 Å². The topological polar surface area (TPSA) is 23.6 Å². The Hall–Kier alpha value is -2.17. The molecule has 0 radical (unpaired) electrons. The Kier molecular flexibility index (Phi) is 7.23. The molecule has 3 rings (SSSR count). The van der Waals surface area contributed by atoms with Crippen molar-refractivity contribution >= 4 is 19.2 Å². The number of amides is 1. The van der Waals surface area contributed by atoms with E-state index in [4.69, 9.17) is 0 Å². The molecule has 148 valence electrons. The Morgan fingerprint density at radius 3 is 2.25 bits per heavy atom. The van der Waals surface area contributed by atoms with Crippen molar-refractivity contribution in [3.05, 3.63) is 78.0 Å². The molecule has 0 aromatic heterocycles. The third-order valence-electron chi connectivity index (χ3n) is 5.48. The Bertz CT molecular complexity index is 768. The highest BCUT2D eigenvalue weighted by molar-refractivity contribution is 6.93. The molecule has 4 heteroatoms. The van der Waals surface area contributed by atoms with Crippen LogP contribution in [0.4, 0.5) is 0 Å². The zero-order valence-electron chi connectivity index (χ0n) is 17.2. The first-order valence-corrected chi connectivity index (χ1v) is 13.4. The van der Waals surface area contributed by atoms with E-state index < -0.39 is 8.07 Å². The molecule has 0 bridgehead atoms. The summed E-state index contributed by atoms with van der Waals surface area (Å²) >= 11 is 0. The van der Waals surface area contributed by atoms with E-state index in [1.54, 1.807) is 0 Å². The monoisotopic (exact) mass is 392 g/mol. The number of carbonyl (C=O) groups is 1. The quantitative estimate of drug-likeness (QED) is 0.638. The fourth-order valence-electron chi connectivity index (χ4n) is 3.74. The number of benzene rings is 2. The molecule has 2 aromatic carbocycles. The molecule has 1 amide bonds. The van der Waals surface area contributed by atoms with Gasteiger partial charge in [0.2, 0.25) is 5.91 Å². The van der Waals surface area contributed by atoms with Crippen molar-refractivity contribution in [3.63, 3.8) is 0 Å². The lowest BCUT2D eigenvalue weighted by Gasteiger charge is -2.24. The normalized spacial score (nSPS) is 14.9. The Balaban J connectivity index is 1.66. The van der Waals surface area contributed by atoms with E-state index in [1.807, 2.05) is 11.0 Å². The van der Waals surface area contributed by atoms with Gasteiger partial charge in [-0.3, -0.25) is 9.69 Å². The fraction of sp³-hybridized carbons (Fsp3) is 0.375. The molecule has 0 atom stereocenters. The van der Waals surface area contributed by atoms with Gasteiger partial charge in [-0.15, -0.1) is 0 Å². The van der Waals surface area contributed by atoms with Gasteiger partial charge >= 0.3 is 0 Å². The van der Waals surface area contributed by atoms with Crippen LogP contribution in [-0.2, 0) is 11.3 Å². The van der Waals surface area contributed by atoms with Crippen molar-refractivity contribution < 1.29 is 4.79 Å². The average molecular weight is 393 g/mol. The number of rotatable bonds is 8. The summed E-state index contributed by atoms with van der Waals surface area (Å²) in [6.07, 6.45) is 4.56. The van der Waals surface area contributed by atoms with Gasteiger partial charge in [0.15, 0.2) is 0 Å². The second-order valence-corrected chi connectivity index (χ2v) is 12.6. The van der Waals surface area contributed by atoms with E-state index in [0.717, 1.165) is 39.0 Å². The summed E-state index contributed by atoms with van der Waals surface area (Å²) in [6.45, 7) is 8.68. The van der Waals surface area contributed by atoms with Crippen molar-refractivity contribution in [1.29, 1.82) is 0 Å². The van der Waals surface area contributed by atoms with Crippen LogP contribution in [0.15, 0.2) is 72.4 Å². The summed E-state index contributed by atoms with van der Waals surface area (Å²) in [5.74, 6) is 0.265. The van der Waals surface area contributed by atoms with Gasteiger partial charge < -0.3 is 4.90 Å². The van der Waals surface area contributed by atoms with Gasteiger partial charge in [-0.05, 0) is 18.4 Å². The molecule has 28 heavy (non-hydrogen) atoms. The first-order valence-electron chi connectivity index (χ1n) is 10.3. The van der Waals surface area contributed by atoms with Gasteiger partial charge in [0.1, 0.15) is 8.07 Å². The third-order valence-corrected chi connectivity index (χ3v) is 8.37. The molecule has 1 saturated heterocycles. The SMILES string of the molecule is C[Si](C)(/C=C\CN(CC(=O)N1CCCC1)Cc1ccccc1)c1ccccc1. The van der Waals surface area contributed by atoms with Gasteiger partial charge in [-0.1, -0.05) is 90.7 Å². The molecule has 0 unspecified atom stereocenters. The minimum absolute atomic E-state index is 0.265. The minimum atomic E-state index is -1.61. The Morgan fingerprint density at radius 1 is 1.00 bits per heavy atom. The summed E-state index contributed by atoms with van der Waals surface area (Å²) in [6, 6.07) is 21.2.